The van der Waals surface area contributed by atoms with E-state index in [1.807, 2.05) is 7.05 Å². The number of rotatable bonds is 5. The van der Waals surface area contributed by atoms with Crippen LogP contribution in [0.1, 0.15) is 49.7 Å². The van der Waals surface area contributed by atoms with Crippen molar-refractivity contribution in [3.05, 3.63) is 11.6 Å². The normalized spacial score (nSPS) is 29.0. The van der Waals surface area contributed by atoms with E-state index in [-0.39, 0.29) is 0 Å². The molecule has 2 N–H and O–H groups in total. The average Bonchev–Trinajstić information content (AvgIpc) is 3.20. The van der Waals surface area contributed by atoms with Crippen LogP contribution in [0.15, 0.2) is 0 Å². The molecular formula is C17H31N7O2S. The number of aromatic nitrogens is 3. The lowest BCUT2D eigenvalue weighted by Crippen LogP contribution is -2.44. The molecule has 3 fully saturated rings. The molecule has 0 unspecified atom stereocenters. The zero-order chi connectivity index (χ0) is 19.0. The Morgan fingerprint density at radius 1 is 0.963 bits per heavy atom. The Labute approximate surface area is 161 Å². The van der Waals surface area contributed by atoms with Crippen LogP contribution in [0.3, 0.4) is 0 Å². The van der Waals surface area contributed by atoms with Crippen molar-refractivity contribution in [3.63, 3.8) is 0 Å². The third-order valence-electron chi connectivity index (χ3n) is 6.17. The third kappa shape index (κ3) is 3.91. The minimum absolute atomic E-state index is 0.296. The largest absolute Gasteiger partial charge is 0.328 e. The lowest BCUT2D eigenvalue weighted by Gasteiger charge is -2.31. The van der Waals surface area contributed by atoms with Crippen LogP contribution in [0.25, 0.3) is 0 Å². The summed E-state index contributed by atoms with van der Waals surface area (Å²) in [5.74, 6) is 2.40. The first-order chi connectivity index (χ1) is 12.9. The van der Waals surface area contributed by atoms with Gasteiger partial charge in [-0.1, -0.05) is 0 Å². The Kier molecular flexibility index (Phi) is 5.52. The van der Waals surface area contributed by atoms with Crippen molar-refractivity contribution in [2.75, 3.05) is 39.3 Å². The highest BCUT2D eigenvalue weighted by molar-refractivity contribution is 7.86. The highest BCUT2D eigenvalue weighted by atomic mass is 32.2. The third-order valence-corrected chi connectivity index (χ3v) is 8.20. The van der Waals surface area contributed by atoms with Crippen molar-refractivity contribution in [2.24, 2.45) is 12.8 Å². The minimum Gasteiger partial charge on any atom is -0.328 e. The number of nitrogens with two attached hydrogens (primary N) is 1. The maximum atomic E-state index is 12.8. The van der Waals surface area contributed by atoms with Crippen molar-refractivity contribution < 1.29 is 8.42 Å². The topological polar surface area (TPSA) is 101 Å². The van der Waals surface area contributed by atoms with Gasteiger partial charge in [-0.05, 0) is 38.6 Å². The fraction of sp³-hybridized carbons (Fsp3) is 0.882. The van der Waals surface area contributed by atoms with Crippen molar-refractivity contribution >= 4 is 10.2 Å². The van der Waals surface area contributed by atoms with Crippen LogP contribution in [0.2, 0.25) is 0 Å². The van der Waals surface area contributed by atoms with Crippen LogP contribution in [0, 0.1) is 0 Å². The van der Waals surface area contributed by atoms with Gasteiger partial charge in [-0.25, -0.2) is 0 Å². The standard InChI is InChI=1S/C17H31N7O2S/c1-21-16(19-20-17(21)14-11-15(18)12-14)13-22-5-4-8-24(10-9-22)27(25,26)23-6-2-3-7-23/h14-15H,2-13,18H2,1H3. The van der Waals surface area contributed by atoms with Crippen molar-refractivity contribution in [1.82, 2.24) is 28.3 Å². The number of hydrogen-bond donors (Lipinski definition) is 1. The van der Waals surface area contributed by atoms with Crippen LogP contribution < -0.4 is 5.73 Å². The summed E-state index contributed by atoms with van der Waals surface area (Å²) in [6, 6.07) is 0.296. The van der Waals surface area contributed by atoms with E-state index in [4.69, 9.17) is 5.73 Å². The van der Waals surface area contributed by atoms with Gasteiger partial charge in [0, 0.05) is 51.7 Å². The highest BCUT2D eigenvalue weighted by Crippen LogP contribution is 2.34. The second-order valence-corrected chi connectivity index (χ2v) is 10.0. The molecule has 0 atom stereocenters. The number of hydrogen-bond acceptors (Lipinski definition) is 6. The van der Waals surface area contributed by atoms with Crippen molar-refractivity contribution in [1.29, 1.82) is 0 Å². The average molecular weight is 398 g/mol. The Morgan fingerprint density at radius 2 is 1.63 bits per heavy atom. The lowest BCUT2D eigenvalue weighted by atomic mass is 9.80. The molecular weight excluding hydrogens is 366 g/mol. The summed E-state index contributed by atoms with van der Waals surface area (Å²) in [6.45, 7) is 4.77. The van der Waals surface area contributed by atoms with Crippen LogP contribution in [-0.4, -0.2) is 82.0 Å². The van der Waals surface area contributed by atoms with Crippen molar-refractivity contribution in [3.8, 4) is 0 Å². The summed E-state index contributed by atoms with van der Waals surface area (Å²) in [7, 11) is -1.28. The molecule has 0 amide bonds. The van der Waals surface area contributed by atoms with E-state index < -0.39 is 10.2 Å². The van der Waals surface area contributed by atoms with Crippen LogP contribution in [0.4, 0.5) is 0 Å². The number of nitrogens with zero attached hydrogens (tertiary/aromatic N) is 6. The molecule has 9 nitrogen and oxygen atoms in total. The summed E-state index contributed by atoms with van der Waals surface area (Å²) in [4.78, 5) is 2.29. The monoisotopic (exact) mass is 397 g/mol. The first-order valence-electron chi connectivity index (χ1n) is 10.1. The summed E-state index contributed by atoms with van der Waals surface area (Å²) >= 11 is 0. The predicted molar refractivity (Wildman–Crippen MR) is 102 cm³/mol. The van der Waals surface area contributed by atoms with Gasteiger partial charge in [-0.15, -0.1) is 10.2 Å². The van der Waals surface area contributed by atoms with Gasteiger partial charge in [-0.3, -0.25) is 4.90 Å². The Hall–Kier alpha value is -1.07. The molecule has 27 heavy (non-hydrogen) atoms. The molecule has 3 heterocycles. The molecule has 0 spiro atoms. The minimum atomic E-state index is -3.30. The fourth-order valence-electron chi connectivity index (χ4n) is 4.36. The lowest BCUT2D eigenvalue weighted by molar-refractivity contribution is 0.266. The quantitative estimate of drug-likeness (QED) is 0.743. The van der Waals surface area contributed by atoms with Gasteiger partial charge < -0.3 is 10.3 Å². The molecule has 0 aromatic carbocycles. The SMILES string of the molecule is Cn1c(CN2CCCN(S(=O)(=O)N3CCCC3)CC2)nnc1C1CC(N)C1. The van der Waals surface area contributed by atoms with E-state index in [1.54, 1.807) is 8.61 Å². The Bertz CT molecular complexity index is 753. The van der Waals surface area contributed by atoms with E-state index in [0.717, 1.165) is 56.8 Å². The zero-order valence-electron chi connectivity index (χ0n) is 16.1. The molecule has 1 aliphatic carbocycles. The Balaban J connectivity index is 1.36. The molecule has 1 aromatic rings. The molecule has 0 radical (unpaired) electrons. The van der Waals surface area contributed by atoms with E-state index in [1.165, 1.54) is 0 Å². The first-order valence-corrected chi connectivity index (χ1v) is 11.5. The van der Waals surface area contributed by atoms with Crippen LogP contribution in [-0.2, 0) is 23.8 Å². The highest BCUT2D eigenvalue weighted by Gasteiger charge is 2.34. The molecule has 3 aliphatic rings. The van der Waals surface area contributed by atoms with Gasteiger partial charge in [-0.2, -0.15) is 17.0 Å². The first kappa shape index (κ1) is 19.3. The predicted octanol–water partition coefficient (Wildman–Crippen LogP) is -0.132. The molecule has 2 saturated heterocycles. The van der Waals surface area contributed by atoms with Gasteiger partial charge >= 0.3 is 0 Å². The zero-order valence-corrected chi connectivity index (χ0v) is 16.9. The summed E-state index contributed by atoms with van der Waals surface area (Å²) in [6.07, 6.45) is 4.76. The molecule has 1 aromatic heterocycles. The fourth-order valence-corrected chi connectivity index (χ4v) is 6.08. The maximum Gasteiger partial charge on any atom is 0.282 e. The maximum absolute atomic E-state index is 12.8. The van der Waals surface area contributed by atoms with E-state index in [9.17, 15) is 8.42 Å². The molecule has 10 heteroatoms. The molecule has 1 saturated carbocycles. The van der Waals surface area contributed by atoms with Gasteiger partial charge in [0.2, 0.25) is 0 Å². The van der Waals surface area contributed by atoms with Gasteiger partial charge in [0.05, 0.1) is 6.54 Å². The molecule has 152 valence electrons. The summed E-state index contributed by atoms with van der Waals surface area (Å²) in [5, 5.41) is 8.77. The Morgan fingerprint density at radius 3 is 2.33 bits per heavy atom. The van der Waals surface area contributed by atoms with Crippen LogP contribution in [0.5, 0.6) is 0 Å². The summed E-state index contributed by atoms with van der Waals surface area (Å²) in [5.41, 5.74) is 5.90. The van der Waals surface area contributed by atoms with E-state index >= 15 is 0 Å². The van der Waals surface area contributed by atoms with E-state index in [2.05, 4.69) is 19.7 Å². The van der Waals surface area contributed by atoms with Gasteiger partial charge in [0.1, 0.15) is 11.6 Å². The second kappa shape index (κ2) is 7.75. The van der Waals surface area contributed by atoms with Gasteiger partial charge in [0.25, 0.3) is 10.2 Å². The smallest absolute Gasteiger partial charge is 0.282 e. The second-order valence-electron chi connectivity index (χ2n) is 8.10. The molecule has 4 rings (SSSR count). The molecule has 0 bridgehead atoms. The molecule has 2 aliphatic heterocycles. The van der Waals surface area contributed by atoms with E-state index in [0.29, 0.717) is 44.7 Å². The van der Waals surface area contributed by atoms with Crippen molar-refractivity contribution in [2.45, 2.75) is 50.6 Å². The van der Waals surface area contributed by atoms with Crippen LogP contribution >= 0.6 is 0 Å². The summed E-state index contributed by atoms with van der Waals surface area (Å²) < 4.78 is 31.0. The van der Waals surface area contributed by atoms with Gasteiger partial charge in [0.15, 0.2) is 0 Å².